The van der Waals surface area contributed by atoms with Crippen molar-refractivity contribution < 1.29 is 13.7 Å². The van der Waals surface area contributed by atoms with E-state index in [1.54, 1.807) is 13.3 Å². The zero-order valence-electron chi connectivity index (χ0n) is 16.6. The Labute approximate surface area is 177 Å². The van der Waals surface area contributed by atoms with Crippen LogP contribution in [0.2, 0.25) is 0 Å². The van der Waals surface area contributed by atoms with Crippen molar-refractivity contribution in [3.63, 3.8) is 0 Å². The summed E-state index contributed by atoms with van der Waals surface area (Å²) in [6, 6.07) is 21.7. The Bertz CT molecular complexity index is 1530. The Kier molecular flexibility index (Phi) is 3.89. The molecular weight excluding hydrogens is 390 g/mol. The minimum absolute atomic E-state index is 0.559. The van der Waals surface area contributed by atoms with E-state index in [9.17, 15) is 0 Å². The van der Waals surface area contributed by atoms with Crippen LogP contribution in [-0.2, 0) is 0 Å². The molecule has 6 nitrogen and oxygen atoms in total. The van der Waals surface area contributed by atoms with E-state index in [2.05, 4.69) is 15.1 Å². The Balaban J connectivity index is 1.52. The van der Waals surface area contributed by atoms with Gasteiger partial charge in [0, 0.05) is 40.4 Å². The zero-order chi connectivity index (χ0) is 20.8. The number of nitrogens with one attached hydrogen (secondary N) is 1. The number of furan rings is 1. The minimum atomic E-state index is 0.559. The molecule has 0 radical (unpaired) electrons. The highest BCUT2D eigenvalue weighted by atomic mass is 16.5. The molecule has 6 rings (SSSR count). The number of nitrogens with zero attached hydrogens (tertiary/aromatic N) is 2. The van der Waals surface area contributed by atoms with Gasteiger partial charge >= 0.3 is 0 Å². The standard InChI is InChI=1S/C25H17N3O3/c1-29-21-10-9-16(19-14-27-25-17(19)8-5-11-26-25)18-12-22(30-24(18)21)23-13-20(28-31-23)15-6-3-2-4-7-15/h2-14H,1H3,(H,26,27). The SMILES string of the molecule is COc1ccc(-c2c[nH]c3ncccc23)c2cc(-c3cc(-c4ccccc4)no3)oc12. The third kappa shape index (κ3) is 2.80. The highest BCUT2D eigenvalue weighted by Gasteiger charge is 2.19. The van der Waals surface area contributed by atoms with E-state index in [0.29, 0.717) is 22.9 Å². The second-order valence-corrected chi connectivity index (χ2v) is 7.21. The first kappa shape index (κ1) is 17.5. The normalized spacial score (nSPS) is 11.4. The van der Waals surface area contributed by atoms with E-state index >= 15 is 0 Å². The lowest BCUT2D eigenvalue weighted by atomic mass is 10.0. The van der Waals surface area contributed by atoms with Gasteiger partial charge in [-0.15, -0.1) is 0 Å². The molecular formula is C25H17N3O3. The number of methoxy groups -OCH3 is 1. The number of H-pyrrole nitrogens is 1. The summed E-state index contributed by atoms with van der Waals surface area (Å²) in [5.74, 6) is 1.81. The van der Waals surface area contributed by atoms with Crippen molar-refractivity contribution in [2.24, 2.45) is 0 Å². The lowest BCUT2D eigenvalue weighted by Crippen LogP contribution is -1.85. The molecule has 0 bridgehead atoms. The number of fused-ring (bicyclic) bond motifs is 2. The minimum Gasteiger partial charge on any atom is -0.493 e. The second kappa shape index (κ2) is 6.88. The molecule has 4 aromatic heterocycles. The molecule has 150 valence electrons. The average Bonchev–Trinajstić information content (AvgIpc) is 3.57. The van der Waals surface area contributed by atoms with Gasteiger partial charge in [0.25, 0.3) is 0 Å². The summed E-state index contributed by atoms with van der Waals surface area (Å²) < 4.78 is 17.4. The number of benzene rings is 2. The van der Waals surface area contributed by atoms with Gasteiger partial charge in [-0.05, 0) is 35.9 Å². The van der Waals surface area contributed by atoms with E-state index in [1.807, 2.05) is 72.9 Å². The van der Waals surface area contributed by atoms with Gasteiger partial charge in [-0.2, -0.15) is 0 Å². The van der Waals surface area contributed by atoms with Gasteiger partial charge in [0.1, 0.15) is 11.3 Å². The summed E-state index contributed by atoms with van der Waals surface area (Å²) in [6.07, 6.45) is 3.74. The molecule has 0 saturated carbocycles. The molecule has 0 aliphatic carbocycles. The fraction of sp³-hybridized carbons (Fsp3) is 0.0400. The van der Waals surface area contributed by atoms with Crippen LogP contribution in [-0.4, -0.2) is 22.2 Å². The van der Waals surface area contributed by atoms with Crippen molar-refractivity contribution in [2.45, 2.75) is 0 Å². The van der Waals surface area contributed by atoms with Crippen LogP contribution in [0.4, 0.5) is 0 Å². The van der Waals surface area contributed by atoms with Gasteiger partial charge in [0.2, 0.25) is 5.76 Å². The molecule has 2 aromatic carbocycles. The topological polar surface area (TPSA) is 77.1 Å². The van der Waals surface area contributed by atoms with Crippen molar-refractivity contribution in [3.8, 4) is 39.7 Å². The maximum absolute atomic E-state index is 6.19. The van der Waals surface area contributed by atoms with Gasteiger partial charge in [-0.1, -0.05) is 35.5 Å². The van der Waals surface area contributed by atoms with Crippen LogP contribution in [0.5, 0.6) is 5.75 Å². The van der Waals surface area contributed by atoms with Crippen molar-refractivity contribution in [3.05, 3.63) is 79.1 Å². The van der Waals surface area contributed by atoms with Crippen LogP contribution in [0.25, 0.3) is 55.9 Å². The van der Waals surface area contributed by atoms with E-state index in [4.69, 9.17) is 13.7 Å². The van der Waals surface area contributed by atoms with Gasteiger partial charge in [0.05, 0.1) is 7.11 Å². The molecule has 31 heavy (non-hydrogen) atoms. The maximum atomic E-state index is 6.19. The maximum Gasteiger partial charge on any atom is 0.202 e. The fourth-order valence-corrected chi connectivity index (χ4v) is 3.93. The van der Waals surface area contributed by atoms with E-state index in [1.165, 1.54) is 0 Å². The van der Waals surface area contributed by atoms with E-state index in [-0.39, 0.29) is 0 Å². The summed E-state index contributed by atoms with van der Waals surface area (Å²) in [5.41, 5.74) is 5.31. The van der Waals surface area contributed by atoms with Crippen LogP contribution in [0.3, 0.4) is 0 Å². The molecule has 4 heterocycles. The molecule has 6 heteroatoms. The van der Waals surface area contributed by atoms with Crippen molar-refractivity contribution >= 4 is 22.0 Å². The highest BCUT2D eigenvalue weighted by molar-refractivity contribution is 6.05. The quantitative estimate of drug-likeness (QED) is 0.371. The third-order valence-corrected chi connectivity index (χ3v) is 5.43. The molecule has 6 aromatic rings. The van der Waals surface area contributed by atoms with Gasteiger partial charge < -0.3 is 18.7 Å². The van der Waals surface area contributed by atoms with Crippen LogP contribution < -0.4 is 4.74 Å². The molecule has 1 N–H and O–H groups in total. The van der Waals surface area contributed by atoms with E-state index in [0.717, 1.165) is 38.8 Å². The monoisotopic (exact) mass is 407 g/mol. The number of ether oxygens (including phenoxy) is 1. The summed E-state index contributed by atoms with van der Waals surface area (Å²) >= 11 is 0. The van der Waals surface area contributed by atoms with Crippen LogP contribution >= 0.6 is 0 Å². The summed E-state index contributed by atoms with van der Waals surface area (Å²) in [4.78, 5) is 7.64. The lowest BCUT2D eigenvalue weighted by Gasteiger charge is -2.05. The first-order valence-electron chi connectivity index (χ1n) is 9.87. The number of hydrogen-bond donors (Lipinski definition) is 1. The molecule has 0 aliphatic rings. The van der Waals surface area contributed by atoms with E-state index < -0.39 is 0 Å². The summed E-state index contributed by atoms with van der Waals surface area (Å²) in [7, 11) is 1.63. The number of hydrogen-bond acceptors (Lipinski definition) is 5. The average molecular weight is 407 g/mol. The number of pyridine rings is 1. The van der Waals surface area contributed by atoms with Crippen LogP contribution in [0.15, 0.2) is 88.1 Å². The summed E-state index contributed by atoms with van der Waals surface area (Å²) in [6.45, 7) is 0. The Morgan fingerprint density at radius 3 is 2.65 bits per heavy atom. The first-order chi connectivity index (χ1) is 15.3. The van der Waals surface area contributed by atoms with Gasteiger partial charge in [-0.25, -0.2) is 4.98 Å². The van der Waals surface area contributed by atoms with Crippen LogP contribution in [0, 0.1) is 0 Å². The largest absolute Gasteiger partial charge is 0.493 e. The molecule has 0 fully saturated rings. The molecule has 0 unspecified atom stereocenters. The predicted octanol–water partition coefficient (Wildman–Crippen LogP) is 6.31. The molecule has 0 atom stereocenters. The Morgan fingerprint density at radius 1 is 0.871 bits per heavy atom. The lowest BCUT2D eigenvalue weighted by molar-refractivity contribution is 0.405. The highest BCUT2D eigenvalue weighted by Crippen LogP contribution is 2.41. The summed E-state index contributed by atoms with van der Waals surface area (Å²) in [5, 5.41) is 6.18. The van der Waals surface area contributed by atoms with Crippen molar-refractivity contribution in [1.82, 2.24) is 15.1 Å². The predicted molar refractivity (Wildman–Crippen MR) is 119 cm³/mol. The van der Waals surface area contributed by atoms with Gasteiger partial charge in [0.15, 0.2) is 17.1 Å². The zero-order valence-corrected chi connectivity index (χ0v) is 16.6. The number of rotatable bonds is 4. The van der Waals surface area contributed by atoms with Crippen molar-refractivity contribution in [2.75, 3.05) is 7.11 Å². The smallest absolute Gasteiger partial charge is 0.202 e. The first-order valence-corrected chi connectivity index (χ1v) is 9.87. The Morgan fingerprint density at radius 2 is 1.77 bits per heavy atom. The van der Waals surface area contributed by atoms with Gasteiger partial charge in [-0.3, -0.25) is 0 Å². The molecule has 0 saturated heterocycles. The second-order valence-electron chi connectivity index (χ2n) is 7.21. The molecule has 0 amide bonds. The molecule has 0 aliphatic heterocycles. The number of aromatic nitrogens is 3. The molecule has 0 spiro atoms. The third-order valence-electron chi connectivity index (χ3n) is 5.43. The fourth-order valence-electron chi connectivity index (χ4n) is 3.93. The van der Waals surface area contributed by atoms with Crippen molar-refractivity contribution in [1.29, 1.82) is 0 Å². The Hall–Kier alpha value is -4.32. The number of aromatic amines is 1. The van der Waals surface area contributed by atoms with Crippen LogP contribution in [0.1, 0.15) is 0 Å².